The van der Waals surface area contributed by atoms with Gasteiger partial charge in [0, 0.05) is 11.3 Å². The minimum atomic E-state index is -0.491. The highest BCUT2D eigenvalue weighted by Crippen LogP contribution is 2.43. The Labute approximate surface area is 134 Å². The Hall–Kier alpha value is -2.88. The second kappa shape index (κ2) is 5.72. The number of rotatable bonds is 3. The molecule has 1 saturated carbocycles. The van der Waals surface area contributed by atoms with Gasteiger partial charge in [-0.25, -0.2) is 4.79 Å². The molecule has 1 aliphatic carbocycles. The summed E-state index contributed by atoms with van der Waals surface area (Å²) in [5.41, 5.74) is 2.65. The maximum Gasteiger partial charge on any atom is 0.417 e. The predicted molar refractivity (Wildman–Crippen MR) is 89.8 cm³/mol. The highest BCUT2D eigenvalue weighted by molar-refractivity contribution is 5.91. The Morgan fingerprint density at radius 2 is 1.78 bits per heavy atom. The molecule has 1 fully saturated rings. The number of hydrogen-bond donors (Lipinski definition) is 1. The number of amides is 1. The molecule has 1 N–H and O–H groups in total. The van der Waals surface area contributed by atoms with E-state index in [1.165, 1.54) is 0 Å². The quantitative estimate of drug-likeness (QED) is 0.761. The molecule has 1 amide bonds. The third-order valence-corrected chi connectivity index (χ3v) is 3.91. The first-order valence-corrected chi connectivity index (χ1v) is 7.73. The summed E-state index contributed by atoms with van der Waals surface area (Å²) >= 11 is 0. The highest BCUT2D eigenvalue weighted by Gasteiger charge is 2.28. The van der Waals surface area contributed by atoms with Gasteiger partial charge in [0.25, 0.3) is 0 Å². The van der Waals surface area contributed by atoms with Crippen molar-refractivity contribution in [2.75, 3.05) is 5.32 Å². The van der Waals surface area contributed by atoms with Gasteiger partial charge >= 0.3 is 6.09 Å². The van der Waals surface area contributed by atoms with Crippen molar-refractivity contribution >= 4 is 22.7 Å². The highest BCUT2D eigenvalue weighted by atomic mass is 16.6. The molecule has 4 nitrogen and oxygen atoms in total. The van der Waals surface area contributed by atoms with Crippen LogP contribution >= 0.6 is 0 Å². The molecule has 0 bridgehead atoms. The van der Waals surface area contributed by atoms with Gasteiger partial charge in [0.05, 0.1) is 16.9 Å². The van der Waals surface area contributed by atoms with Gasteiger partial charge in [-0.2, -0.15) is 0 Å². The lowest BCUT2D eigenvalue weighted by atomic mass is 10.1. The van der Waals surface area contributed by atoms with E-state index in [4.69, 9.17) is 9.72 Å². The maximum atomic E-state index is 12.2. The summed E-state index contributed by atoms with van der Waals surface area (Å²) in [7, 11) is 0. The van der Waals surface area contributed by atoms with E-state index in [-0.39, 0.29) is 0 Å². The van der Waals surface area contributed by atoms with Crippen molar-refractivity contribution in [1.82, 2.24) is 4.98 Å². The number of carbonyl (C=O) groups is 1. The molecule has 0 unspecified atom stereocenters. The van der Waals surface area contributed by atoms with Crippen LogP contribution < -0.4 is 10.1 Å². The standard InChI is InChI=1S/C19H16N2O2/c22-19(23-15-7-2-1-3-8-15)21-17-12-14-6-4-5-9-16(14)20-18(17)13-10-11-13/h1-9,12-13H,10-11H2,(H,21,22). The Bertz CT molecular complexity index is 858. The monoisotopic (exact) mass is 304 g/mol. The summed E-state index contributed by atoms with van der Waals surface area (Å²) in [4.78, 5) is 16.9. The molecule has 0 atom stereocenters. The molecule has 0 saturated heterocycles. The number of aromatic nitrogens is 1. The number of hydrogen-bond acceptors (Lipinski definition) is 3. The molecular weight excluding hydrogens is 288 g/mol. The zero-order chi connectivity index (χ0) is 15.6. The molecule has 1 aliphatic rings. The average Bonchev–Trinajstić information content (AvgIpc) is 3.40. The fourth-order valence-corrected chi connectivity index (χ4v) is 2.63. The second-order valence-electron chi connectivity index (χ2n) is 5.72. The first-order valence-electron chi connectivity index (χ1n) is 7.73. The zero-order valence-electron chi connectivity index (χ0n) is 12.5. The van der Waals surface area contributed by atoms with Crippen molar-refractivity contribution in [3.05, 3.63) is 66.4 Å². The van der Waals surface area contributed by atoms with Gasteiger partial charge in [-0.1, -0.05) is 36.4 Å². The topological polar surface area (TPSA) is 51.2 Å². The molecule has 114 valence electrons. The van der Waals surface area contributed by atoms with Crippen LogP contribution in [0.5, 0.6) is 5.75 Å². The number of fused-ring (bicyclic) bond motifs is 1. The van der Waals surface area contributed by atoms with E-state index < -0.39 is 6.09 Å². The summed E-state index contributed by atoms with van der Waals surface area (Å²) in [5.74, 6) is 0.957. The van der Waals surface area contributed by atoms with E-state index in [0.717, 1.165) is 35.1 Å². The van der Waals surface area contributed by atoms with E-state index in [9.17, 15) is 4.79 Å². The molecule has 4 rings (SSSR count). The number of ether oxygens (including phenoxy) is 1. The number of anilines is 1. The molecule has 1 aromatic heterocycles. The van der Waals surface area contributed by atoms with Crippen LogP contribution in [0.15, 0.2) is 60.7 Å². The molecule has 23 heavy (non-hydrogen) atoms. The fourth-order valence-electron chi connectivity index (χ4n) is 2.63. The first-order chi connectivity index (χ1) is 11.3. The molecule has 0 aliphatic heterocycles. The van der Waals surface area contributed by atoms with Crippen molar-refractivity contribution < 1.29 is 9.53 Å². The third-order valence-electron chi connectivity index (χ3n) is 3.91. The van der Waals surface area contributed by atoms with Crippen molar-refractivity contribution in [2.45, 2.75) is 18.8 Å². The molecule has 1 heterocycles. The van der Waals surface area contributed by atoms with Crippen LogP contribution in [0, 0.1) is 0 Å². The predicted octanol–water partition coefficient (Wildman–Crippen LogP) is 4.72. The summed E-state index contributed by atoms with van der Waals surface area (Å²) in [6.07, 6.45) is 1.75. The number of nitrogens with zero attached hydrogens (tertiary/aromatic N) is 1. The number of benzene rings is 2. The van der Waals surface area contributed by atoms with Crippen LogP contribution in [-0.2, 0) is 0 Å². The van der Waals surface area contributed by atoms with E-state index in [1.54, 1.807) is 12.1 Å². The Balaban J connectivity index is 1.62. The first kappa shape index (κ1) is 13.8. The van der Waals surface area contributed by atoms with Crippen LogP contribution in [0.25, 0.3) is 10.9 Å². The Morgan fingerprint density at radius 3 is 2.57 bits per heavy atom. The van der Waals surface area contributed by atoms with Gasteiger partial charge in [0.2, 0.25) is 0 Å². The second-order valence-corrected chi connectivity index (χ2v) is 5.72. The van der Waals surface area contributed by atoms with E-state index in [2.05, 4.69) is 5.32 Å². The number of pyridine rings is 1. The lowest BCUT2D eigenvalue weighted by molar-refractivity contribution is 0.215. The van der Waals surface area contributed by atoms with Gasteiger partial charge in [-0.15, -0.1) is 0 Å². The third kappa shape index (κ3) is 3.01. The van der Waals surface area contributed by atoms with Crippen LogP contribution in [0.2, 0.25) is 0 Å². The van der Waals surface area contributed by atoms with Crippen LogP contribution in [0.3, 0.4) is 0 Å². The molecular formula is C19H16N2O2. The summed E-state index contributed by atoms with van der Waals surface area (Å²) in [6, 6.07) is 18.9. The van der Waals surface area contributed by atoms with Crippen LogP contribution in [0.4, 0.5) is 10.5 Å². The number of para-hydroxylation sites is 2. The van der Waals surface area contributed by atoms with Crippen molar-refractivity contribution in [3.63, 3.8) is 0 Å². The van der Waals surface area contributed by atoms with Crippen LogP contribution in [0.1, 0.15) is 24.5 Å². The average molecular weight is 304 g/mol. The van der Waals surface area contributed by atoms with Crippen molar-refractivity contribution in [1.29, 1.82) is 0 Å². The summed E-state index contributed by atoms with van der Waals surface area (Å²) < 4.78 is 5.31. The van der Waals surface area contributed by atoms with Gasteiger partial charge < -0.3 is 4.74 Å². The number of carbonyl (C=O) groups excluding carboxylic acids is 1. The SMILES string of the molecule is O=C(Nc1cc2ccccc2nc1C1CC1)Oc1ccccc1. The van der Waals surface area contributed by atoms with Gasteiger partial charge in [-0.3, -0.25) is 10.3 Å². The van der Waals surface area contributed by atoms with Gasteiger partial charge in [0.1, 0.15) is 5.75 Å². The number of nitrogens with one attached hydrogen (secondary N) is 1. The Kier molecular flexibility index (Phi) is 3.42. The summed E-state index contributed by atoms with van der Waals surface area (Å²) in [5, 5.41) is 3.86. The molecule has 3 aromatic rings. The van der Waals surface area contributed by atoms with Crippen molar-refractivity contribution in [3.8, 4) is 5.75 Å². The lowest BCUT2D eigenvalue weighted by Crippen LogP contribution is -2.18. The van der Waals surface area contributed by atoms with E-state index in [0.29, 0.717) is 11.7 Å². The zero-order valence-corrected chi connectivity index (χ0v) is 12.5. The molecule has 0 spiro atoms. The normalized spacial score (nSPS) is 13.7. The molecule has 4 heteroatoms. The van der Waals surface area contributed by atoms with E-state index >= 15 is 0 Å². The van der Waals surface area contributed by atoms with Crippen LogP contribution in [-0.4, -0.2) is 11.1 Å². The minimum absolute atomic E-state index is 0.437. The van der Waals surface area contributed by atoms with Gasteiger partial charge in [0.15, 0.2) is 0 Å². The Morgan fingerprint density at radius 1 is 1.04 bits per heavy atom. The smallest absolute Gasteiger partial charge is 0.410 e. The lowest BCUT2D eigenvalue weighted by Gasteiger charge is -2.12. The fraction of sp³-hybridized carbons (Fsp3) is 0.158. The van der Waals surface area contributed by atoms with E-state index in [1.807, 2.05) is 48.5 Å². The van der Waals surface area contributed by atoms with Crippen molar-refractivity contribution in [2.24, 2.45) is 0 Å². The molecule has 2 aromatic carbocycles. The molecule has 0 radical (unpaired) electrons. The minimum Gasteiger partial charge on any atom is -0.410 e. The van der Waals surface area contributed by atoms with Gasteiger partial charge in [-0.05, 0) is 37.1 Å². The summed E-state index contributed by atoms with van der Waals surface area (Å²) in [6.45, 7) is 0. The largest absolute Gasteiger partial charge is 0.417 e. The maximum absolute atomic E-state index is 12.2.